The molecule has 0 unspecified atom stereocenters. The molecule has 0 spiro atoms. The number of ether oxygens (including phenoxy) is 1. The third-order valence-corrected chi connectivity index (χ3v) is 4.26. The average Bonchev–Trinajstić information content (AvgIpc) is 2.77. The largest absolute Gasteiger partial charge is 0.391 e. The van der Waals surface area contributed by atoms with Crippen molar-refractivity contribution in [3.63, 3.8) is 0 Å². The van der Waals surface area contributed by atoms with Gasteiger partial charge in [-0.2, -0.15) is 0 Å². The first-order chi connectivity index (χ1) is 9.04. The van der Waals surface area contributed by atoms with Crippen molar-refractivity contribution in [1.29, 1.82) is 0 Å². The number of amidine groups is 1. The lowest BCUT2D eigenvalue weighted by molar-refractivity contribution is -0.181. The standard InChI is InChI=1S/C11H19FN2O4S/c1-5(15)9-8(17)7(16)6-10(18-9)19-11(14-6)13-4-2-3-12/h5-10,15-17H,2-4H2,1H3,(H,13,14)/t5-,6+,7+,8-,9+,10+/m0/s1. The second-order valence-corrected chi connectivity index (χ2v) is 5.79. The Labute approximate surface area is 115 Å². The van der Waals surface area contributed by atoms with Crippen LogP contribution in [-0.4, -0.2) is 69.6 Å². The molecule has 0 aromatic carbocycles. The number of hydrogen-bond acceptors (Lipinski definition) is 7. The minimum absolute atomic E-state index is 0.386. The van der Waals surface area contributed by atoms with Crippen LogP contribution < -0.4 is 5.32 Å². The van der Waals surface area contributed by atoms with E-state index in [-0.39, 0.29) is 0 Å². The number of halogens is 1. The van der Waals surface area contributed by atoms with Crippen LogP contribution >= 0.6 is 11.8 Å². The van der Waals surface area contributed by atoms with Gasteiger partial charge in [-0.15, -0.1) is 0 Å². The Morgan fingerprint density at radius 3 is 2.84 bits per heavy atom. The topological polar surface area (TPSA) is 94.3 Å². The molecule has 110 valence electrons. The second-order valence-electron chi connectivity index (χ2n) is 4.70. The number of nitrogens with zero attached hydrogens (tertiary/aromatic N) is 1. The maximum absolute atomic E-state index is 12.0. The van der Waals surface area contributed by atoms with Crippen LogP contribution in [0.25, 0.3) is 0 Å². The van der Waals surface area contributed by atoms with E-state index in [9.17, 15) is 19.7 Å². The van der Waals surface area contributed by atoms with Crippen LogP contribution in [0.4, 0.5) is 4.39 Å². The fourth-order valence-electron chi connectivity index (χ4n) is 2.13. The molecule has 0 amide bonds. The molecule has 0 radical (unpaired) electrons. The van der Waals surface area contributed by atoms with Crippen LogP contribution in [0, 0.1) is 0 Å². The third-order valence-electron chi connectivity index (χ3n) is 3.16. The van der Waals surface area contributed by atoms with Gasteiger partial charge in [0.05, 0.1) is 12.8 Å². The number of aliphatic hydroxyl groups is 3. The maximum Gasteiger partial charge on any atom is 0.159 e. The van der Waals surface area contributed by atoms with E-state index in [2.05, 4.69) is 10.3 Å². The summed E-state index contributed by atoms with van der Waals surface area (Å²) >= 11 is 1.28. The molecule has 8 heteroatoms. The molecule has 1 fully saturated rings. The van der Waals surface area contributed by atoms with Crippen LogP contribution in [0.2, 0.25) is 0 Å². The first-order valence-corrected chi connectivity index (χ1v) is 7.16. The van der Waals surface area contributed by atoms with Crippen molar-refractivity contribution in [3.8, 4) is 0 Å². The Morgan fingerprint density at radius 2 is 2.21 bits per heavy atom. The zero-order chi connectivity index (χ0) is 14.0. The summed E-state index contributed by atoms with van der Waals surface area (Å²) in [5, 5.41) is 32.9. The summed E-state index contributed by atoms with van der Waals surface area (Å²) in [5.41, 5.74) is -0.439. The molecular formula is C11H19FN2O4S. The molecule has 19 heavy (non-hydrogen) atoms. The second kappa shape index (κ2) is 6.36. The Balaban J connectivity index is 1.97. The molecule has 2 aliphatic heterocycles. The smallest absolute Gasteiger partial charge is 0.159 e. The lowest BCUT2D eigenvalue weighted by atomic mass is 9.95. The molecule has 0 aromatic heterocycles. The Kier molecular flexibility index (Phi) is 5.02. The molecule has 4 N–H and O–H groups in total. The Morgan fingerprint density at radius 1 is 1.47 bits per heavy atom. The van der Waals surface area contributed by atoms with Crippen molar-refractivity contribution in [2.24, 2.45) is 4.99 Å². The summed E-state index contributed by atoms with van der Waals surface area (Å²) in [6.07, 6.45) is -3.57. The first kappa shape index (κ1) is 15.0. The van der Waals surface area contributed by atoms with Crippen molar-refractivity contribution in [2.75, 3.05) is 13.2 Å². The van der Waals surface area contributed by atoms with Crippen molar-refractivity contribution in [1.82, 2.24) is 5.32 Å². The van der Waals surface area contributed by atoms with Gasteiger partial charge in [-0.25, -0.2) is 0 Å². The molecular weight excluding hydrogens is 275 g/mol. The van der Waals surface area contributed by atoms with Gasteiger partial charge in [-0.05, 0) is 13.3 Å². The Hall–Kier alpha value is -0.410. The summed E-state index contributed by atoms with van der Waals surface area (Å²) in [5.74, 6) is 0. The van der Waals surface area contributed by atoms with Crippen LogP contribution in [0.1, 0.15) is 13.3 Å². The van der Waals surface area contributed by atoms with Crippen molar-refractivity contribution in [2.45, 2.75) is 49.2 Å². The van der Waals surface area contributed by atoms with Crippen molar-refractivity contribution in [3.05, 3.63) is 0 Å². The maximum atomic E-state index is 12.0. The Bertz CT molecular complexity index is 345. The van der Waals surface area contributed by atoms with Gasteiger partial charge >= 0.3 is 0 Å². The minimum atomic E-state index is -1.17. The van der Waals surface area contributed by atoms with E-state index < -0.39 is 42.6 Å². The summed E-state index contributed by atoms with van der Waals surface area (Å²) < 4.78 is 17.6. The summed E-state index contributed by atoms with van der Waals surface area (Å²) in [7, 11) is 0. The minimum Gasteiger partial charge on any atom is -0.391 e. The van der Waals surface area contributed by atoms with E-state index in [0.29, 0.717) is 18.1 Å². The number of aliphatic imine (C=N–C) groups is 1. The molecule has 2 heterocycles. The average molecular weight is 294 g/mol. The van der Waals surface area contributed by atoms with Gasteiger partial charge < -0.3 is 25.4 Å². The lowest BCUT2D eigenvalue weighted by Gasteiger charge is -2.39. The van der Waals surface area contributed by atoms with E-state index in [1.165, 1.54) is 18.7 Å². The molecule has 6 atom stereocenters. The molecule has 2 rings (SSSR count). The van der Waals surface area contributed by atoms with Gasteiger partial charge in [0, 0.05) is 6.54 Å². The van der Waals surface area contributed by atoms with Crippen LogP contribution in [0.15, 0.2) is 4.99 Å². The fraction of sp³-hybridized carbons (Fsp3) is 0.909. The number of hydrogen-bond donors (Lipinski definition) is 4. The monoisotopic (exact) mass is 294 g/mol. The molecule has 0 saturated carbocycles. The van der Waals surface area contributed by atoms with Gasteiger partial charge in [0.1, 0.15) is 29.8 Å². The number of aliphatic hydroxyl groups excluding tert-OH is 3. The van der Waals surface area contributed by atoms with Gasteiger partial charge in [0.2, 0.25) is 0 Å². The van der Waals surface area contributed by atoms with E-state index in [1.807, 2.05) is 0 Å². The molecule has 0 bridgehead atoms. The third kappa shape index (κ3) is 3.19. The summed E-state index contributed by atoms with van der Waals surface area (Å²) in [6, 6.07) is -0.567. The van der Waals surface area contributed by atoms with E-state index in [4.69, 9.17) is 4.74 Å². The predicted octanol–water partition coefficient (Wildman–Crippen LogP) is -0.766. The zero-order valence-electron chi connectivity index (χ0n) is 10.6. The number of rotatable bonds is 4. The molecule has 1 saturated heterocycles. The van der Waals surface area contributed by atoms with Gasteiger partial charge in [0.25, 0.3) is 0 Å². The van der Waals surface area contributed by atoms with Gasteiger partial charge in [0.15, 0.2) is 5.17 Å². The van der Waals surface area contributed by atoms with Crippen LogP contribution in [-0.2, 0) is 4.74 Å². The highest BCUT2D eigenvalue weighted by molar-refractivity contribution is 8.14. The predicted molar refractivity (Wildman–Crippen MR) is 69.8 cm³/mol. The number of alkyl halides is 1. The highest BCUT2D eigenvalue weighted by Crippen LogP contribution is 2.36. The van der Waals surface area contributed by atoms with Crippen molar-refractivity contribution >= 4 is 16.9 Å². The molecule has 2 aliphatic rings. The first-order valence-electron chi connectivity index (χ1n) is 6.28. The number of thioether (sulfide) groups is 1. The lowest BCUT2D eigenvalue weighted by Crippen LogP contribution is -2.57. The highest BCUT2D eigenvalue weighted by atomic mass is 32.2. The van der Waals surface area contributed by atoms with Gasteiger partial charge in [-0.1, -0.05) is 11.8 Å². The number of nitrogens with one attached hydrogen (secondary N) is 1. The SMILES string of the molecule is C[C@H](O)[C@H]1O[C@@H]2SC(NCCCF)=N[C@@H]2[C@@H](O)[C@@H]1O. The molecule has 0 aliphatic carbocycles. The fourth-order valence-corrected chi connectivity index (χ4v) is 3.27. The molecule has 0 aromatic rings. The zero-order valence-corrected chi connectivity index (χ0v) is 11.4. The summed E-state index contributed by atoms with van der Waals surface area (Å²) in [4.78, 5) is 4.24. The normalized spacial score (nSPS) is 39.6. The highest BCUT2D eigenvalue weighted by Gasteiger charge is 2.49. The van der Waals surface area contributed by atoms with E-state index >= 15 is 0 Å². The van der Waals surface area contributed by atoms with Crippen LogP contribution in [0.5, 0.6) is 0 Å². The quantitative estimate of drug-likeness (QED) is 0.509. The molecule has 6 nitrogen and oxygen atoms in total. The summed E-state index contributed by atoms with van der Waals surface area (Å²) in [6.45, 7) is 1.56. The van der Waals surface area contributed by atoms with E-state index in [1.54, 1.807) is 0 Å². The van der Waals surface area contributed by atoms with E-state index in [0.717, 1.165) is 0 Å². The van der Waals surface area contributed by atoms with Gasteiger partial charge in [-0.3, -0.25) is 9.38 Å². The number of fused-ring (bicyclic) bond motifs is 1. The van der Waals surface area contributed by atoms with Crippen LogP contribution in [0.3, 0.4) is 0 Å². The van der Waals surface area contributed by atoms with Crippen molar-refractivity contribution < 1.29 is 24.4 Å².